The Morgan fingerprint density at radius 2 is 2.00 bits per heavy atom. The molecular weight excluding hydrogens is 452 g/mol. The first-order valence-corrected chi connectivity index (χ1v) is 12.6. The van der Waals surface area contributed by atoms with Crippen molar-refractivity contribution in [3.63, 3.8) is 0 Å². The Balaban J connectivity index is 1.37. The highest BCUT2D eigenvalue weighted by Crippen LogP contribution is 2.30. The zero-order valence-corrected chi connectivity index (χ0v) is 21.1. The first kappa shape index (κ1) is 23.9. The van der Waals surface area contributed by atoms with Crippen molar-refractivity contribution in [2.45, 2.75) is 45.7 Å². The van der Waals surface area contributed by atoms with Gasteiger partial charge in [0.15, 0.2) is 5.82 Å². The molecule has 0 radical (unpaired) electrons. The highest BCUT2D eigenvalue weighted by atomic mass is 16.2. The van der Waals surface area contributed by atoms with E-state index in [-0.39, 0.29) is 18.0 Å². The van der Waals surface area contributed by atoms with Gasteiger partial charge < -0.3 is 20.4 Å². The van der Waals surface area contributed by atoms with E-state index in [1.54, 1.807) is 0 Å². The first-order valence-electron chi connectivity index (χ1n) is 12.6. The second kappa shape index (κ2) is 10.1. The molecule has 186 valence electrons. The average Bonchev–Trinajstić information content (AvgIpc) is 3.45. The molecule has 1 amide bonds. The number of piperazine rings is 1. The highest BCUT2D eigenvalue weighted by molar-refractivity contribution is 5.94. The minimum atomic E-state index is -0.0612. The Morgan fingerprint density at radius 1 is 1.19 bits per heavy atom. The van der Waals surface area contributed by atoms with E-state index in [9.17, 15) is 10.1 Å². The van der Waals surface area contributed by atoms with E-state index in [1.165, 1.54) is 0 Å². The summed E-state index contributed by atoms with van der Waals surface area (Å²) < 4.78 is 0. The van der Waals surface area contributed by atoms with E-state index in [1.807, 2.05) is 43.1 Å². The quantitative estimate of drug-likeness (QED) is 0.569. The molecule has 3 aromatic rings. The lowest BCUT2D eigenvalue weighted by Gasteiger charge is -2.36. The maximum Gasteiger partial charge on any atom is 0.239 e. The zero-order valence-electron chi connectivity index (χ0n) is 21.1. The van der Waals surface area contributed by atoms with Crippen molar-refractivity contribution in [1.29, 1.82) is 5.26 Å². The van der Waals surface area contributed by atoms with Gasteiger partial charge >= 0.3 is 0 Å². The SMILES string of the molecule is Cc1c(C#N)cccc1[C@@H](C)Nc1nnc(C)c2cnc(N3CCN(C(=O)[C@@H]4CCCN4)CC3)cc12. The summed E-state index contributed by atoms with van der Waals surface area (Å²) in [5.74, 6) is 1.79. The van der Waals surface area contributed by atoms with Crippen LogP contribution >= 0.6 is 0 Å². The van der Waals surface area contributed by atoms with Gasteiger partial charge in [0.1, 0.15) is 5.82 Å². The topological polar surface area (TPSA) is 110 Å². The van der Waals surface area contributed by atoms with Gasteiger partial charge in [0.05, 0.1) is 29.4 Å². The molecule has 2 atom stereocenters. The number of hydrogen-bond acceptors (Lipinski definition) is 8. The van der Waals surface area contributed by atoms with Crippen LogP contribution in [0.3, 0.4) is 0 Å². The predicted molar refractivity (Wildman–Crippen MR) is 140 cm³/mol. The summed E-state index contributed by atoms with van der Waals surface area (Å²) >= 11 is 0. The number of anilines is 2. The molecule has 0 unspecified atom stereocenters. The molecular formula is C27H32N8O. The van der Waals surface area contributed by atoms with Crippen molar-refractivity contribution >= 4 is 28.3 Å². The molecule has 0 aliphatic carbocycles. The van der Waals surface area contributed by atoms with Crippen molar-refractivity contribution in [2.24, 2.45) is 0 Å². The van der Waals surface area contributed by atoms with Gasteiger partial charge in [0.25, 0.3) is 0 Å². The Bertz CT molecular complexity index is 1320. The molecule has 2 fully saturated rings. The van der Waals surface area contributed by atoms with Crippen LogP contribution in [0.5, 0.6) is 0 Å². The normalized spacial score (nSPS) is 18.8. The molecule has 1 aromatic carbocycles. The van der Waals surface area contributed by atoms with Gasteiger partial charge in [0.2, 0.25) is 5.91 Å². The number of aryl methyl sites for hydroxylation is 1. The Morgan fingerprint density at radius 3 is 2.72 bits per heavy atom. The molecule has 9 nitrogen and oxygen atoms in total. The molecule has 36 heavy (non-hydrogen) atoms. The van der Waals surface area contributed by atoms with Crippen LogP contribution in [0.4, 0.5) is 11.6 Å². The molecule has 0 spiro atoms. The van der Waals surface area contributed by atoms with E-state index in [0.29, 0.717) is 24.5 Å². The molecule has 2 saturated heterocycles. The molecule has 5 rings (SSSR count). The maximum absolute atomic E-state index is 12.8. The summed E-state index contributed by atoms with van der Waals surface area (Å²) in [6, 6.07) is 10.0. The molecule has 0 bridgehead atoms. The molecule has 9 heteroatoms. The number of nitrogens with one attached hydrogen (secondary N) is 2. The first-order chi connectivity index (χ1) is 17.5. The number of carbonyl (C=O) groups excluding carboxylic acids is 1. The maximum atomic E-state index is 12.8. The smallest absolute Gasteiger partial charge is 0.239 e. The van der Waals surface area contributed by atoms with Crippen LogP contribution in [0.15, 0.2) is 30.5 Å². The van der Waals surface area contributed by atoms with Crippen LogP contribution < -0.4 is 15.5 Å². The van der Waals surface area contributed by atoms with E-state index < -0.39 is 0 Å². The Hall–Kier alpha value is -3.77. The standard InChI is InChI=1S/C27H32N8O/c1-17-20(15-28)6-4-7-21(17)18(2)31-26-22-14-25(30-16-23(22)19(3)32-33-26)34-10-12-35(13-11-34)27(36)24-8-5-9-29-24/h4,6-7,14,16,18,24,29H,5,8-13H2,1-3H3,(H,31,33)/t18-,24+/m1/s1. The molecule has 2 aromatic heterocycles. The fourth-order valence-electron chi connectivity index (χ4n) is 5.24. The number of pyridine rings is 1. The summed E-state index contributed by atoms with van der Waals surface area (Å²) in [6.45, 7) is 9.78. The van der Waals surface area contributed by atoms with Crippen molar-refractivity contribution < 1.29 is 4.79 Å². The second-order valence-electron chi connectivity index (χ2n) is 9.68. The largest absolute Gasteiger partial charge is 0.362 e. The summed E-state index contributed by atoms with van der Waals surface area (Å²) in [4.78, 5) is 21.7. The second-order valence-corrected chi connectivity index (χ2v) is 9.68. The van der Waals surface area contributed by atoms with Gasteiger partial charge in [-0.05, 0) is 63.4 Å². The number of hydrogen-bond donors (Lipinski definition) is 2. The monoisotopic (exact) mass is 484 g/mol. The fraction of sp³-hybridized carbons (Fsp3) is 0.444. The Labute approximate surface area is 211 Å². The molecule has 2 aliphatic rings. The number of aromatic nitrogens is 3. The van der Waals surface area contributed by atoms with Crippen molar-refractivity contribution in [1.82, 2.24) is 25.4 Å². The van der Waals surface area contributed by atoms with Crippen molar-refractivity contribution in [2.75, 3.05) is 42.9 Å². The lowest BCUT2D eigenvalue weighted by Crippen LogP contribution is -2.53. The number of nitrogens with zero attached hydrogens (tertiary/aromatic N) is 6. The van der Waals surface area contributed by atoms with Gasteiger partial charge in [0, 0.05) is 43.1 Å². The predicted octanol–water partition coefficient (Wildman–Crippen LogP) is 3.09. The van der Waals surface area contributed by atoms with Gasteiger partial charge in [-0.1, -0.05) is 12.1 Å². The lowest BCUT2D eigenvalue weighted by atomic mass is 9.98. The van der Waals surface area contributed by atoms with Crippen LogP contribution in [0, 0.1) is 25.2 Å². The molecule has 2 aliphatic heterocycles. The van der Waals surface area contributed by atoms with Gasteiger partial charge in [-0.15, -0.1) is 5.10 Å². The van der Waals surface area contributed by atoms with Crippen molar-refractivity contribution in [3.8, 4) is 6.07 Å². The van der Waals surface area contributed by atoms with Crippen LogP contribution in [-0.2, 0) is 4.79 Å². The number of fused-ring (bicyclic) bond motifs is 1. The zero-order chi connectivity index (χ0) is 25.2. The molecule has 2 N–H and O–H groups in total. The summed E-state index contributed by atoms with van der Waals surface area (Å²) in [5.41, 5.74) is 3.52. The lowest BCUT2D eigenvalue weighted by molar-refractivity contribution is -0.133. The third-order valence-corrected chi connectivity index (χ3v) is 7.42. The van der Waals surface area contributed by atoms with Gasteiger partial charge in [-0.25, -0.2) is 4.98 Å². The van der Waals surface area contributed by atoms with Crippen LogP contribution in [0.2, 0.25) is 0 Å². The minimum Gasteiger partial charge on any atom is -0.362 e. The van der Waals surface area contributed by atoms with Crippen molar-refractivity contribution in [3.05, 3.63) is 52.8 Å². The fourth-order valence-corrected chi connectivity index (χ4v) is 5.24. The number of carbonyl (C=O) groups is 1. The van der Waals surface area contributed by atoms with E-state index in [2.05, 4.69) is 44.8 Å². The number of benzene rings is 1. The summed E-state index contributed by atoms with van der Waals surface area (Å²) in [7, 11) is 0. The van der Waals surface area contributed by atoms with E-state index in [4.69, 9.17) is 4.98 Å². The number of rotatable bonds is 5. The van der Waals surface area contributed by atoms with Crippen LogP contribution in [-0.4, -0.2) is 64.8 Å². The highest BCUT2D eigenvalue weighted by Gasteiger charge is 2.29. The average molecular weight is 485 g/mol. The molecule has 0 saturated carbocycles. The third-order valence-electron chi connectivity index (χ3n) is 7.42. The van der Waals surface area contributed by atoms with E-state index >= 15 is 0 Å². The van der Waals surface area contributed by atoms with Crippen LogP contribution in [0.25, 0.3) is 10.8 Å². The number of amides is 1. The van der Waals surface area contributed by atoms with Gasteiger partial charge in [-0.3, -0.25) is 4.79 Å². The Kier molecular flexibility index (Phi) is 6.70. The number of nitriles is 1. The van der Waals surface area contributed by atoms with E-state index in [0.717, 1.165) is 65.9 Å². The molecule has 4 heterocycles. The third kappa shape index (κ3) is 4.56. The summed E-state index contributed by atoms with van der Waals surface area (Å²) in [6.07, 6.45) is 3.87. The van der Waals surface area contributed by atoms with Crippen LogP contribution in [0.1, 0.15) is 48.2 Å². The van der Waals surface area contributed by atoms with Gasteiger partial charge in [-0.2, -0.15) is 10.4 Å². The summed E-state index contributed by atoms with van der Waals surface area (Å²) in [5, 5.41) is 27.0. The minimum absolute atomic E-state index is 0.0231.